The highest BCUT2D eigenvalue weighted by atomic mass is 19.1. The second kappa shape index (κ2) is 14.8. The number of primary amides is 1. The number of urea groups is 1. The Balaban J connectivity index is 0.888. The molecule has 2 aromatic carbocycles. The lowest BCUT2D eigenvalue weighted by molar-refractivity contribution is -0.120. The van der Waals surface area contributed by atoms with Crippen LogP contribution in [-0.2, 0) is 9.53 Å². The average Bonchev–Trinajstić information content (AvgIpc) is 3.13. The number of nitrogens with zero attached hydrogens (tertiary/aromatic N) is 8. The fourth-order valence-electron chi connectivity index (χ4n) is 7.01. The van der Waals surface area contributed by atoms with Crippen molar-refractivity contribution in [3.8, 4) is 0 Å². The first-order chi connectivity index (χ1) is 24.3. The van der Waals surface area contributed by atoms with Crippen LogP contribution in [0.25, 0.3) is 0 Å². The molecule has 4 N–H and O–H groups in total. The number of piperidine rings is 1. The van der Waals surface area contributed by atoms with Crippen molar-refractivity contribution in [3.63, 3.8) is 0 Å². The summed E-state index contributed by atoms with van der Waals surface area (Å²) in [7, 11) is 0. The van der Waals surface area contributed by atoms with Gasteiger partial charge in [0.1, 0.15) is 5.82 Å². The van der Waals surface area contributed by atoms with Crippen molar-refractivity contribution in [2.45, 2.75) is 19.3 Å². The predicted molar refractivity (Wildman–Crippen MR) is 187 cm³/mol. The Hall–Kier alpha value is -5.09. The van der Waals surface area contributed by atoms with Gasteiger partial charge in [0.25, 0.3) is 5.91 Å². The van der Waals surface area contributed by atoms with Gasteiger partial charge in [-0.2, -0.15) is 4.98 Å². The van der Waals surface area contributed by atoms with E-state index in [1.54, 1.807) is 17.0 Å². The fraction of sp³-hybridized carbons (Fsp3) is 0.471. The molecule has 4 saturated heterocycles. The highest BCUT2D eigenvalue weighted by Crippen LogP contribution is 2.29. The first-order valence-corrected chi connectivity index (χ1v) is 17.2. The minimum atomic E-state index is -0.779. The van der Waals surface area contributed by atoms with Crippen molar-refractivity contribution >= 4 is 52.4 Å². The molecule has 0 spiro atoms. The van der Waals surface area contributed by atoms with Crippen molar-refractivity contribution in [1.29, 1.82) is 0 Å². The van der Waals surface area contributed by atoms with E-state index in [9.17, 15) is 14.4 Å². The molecule has 5 heterocycles. The number of rotatable bonds is 9. The Morgan fingerprint density at radius 3 is 2.28 bits per heavy atom. The summed E-state index contributed by atoms with van der Waals surface area (Å²) in [6.45, 7) is 8.78. The summed E-state index contributed by atoms with van der Waals surface area (Å²) in [5.41, 5.74) is 8.29. The highest BCUT2D eigenvalue weighted by Gasteiger charge is 2.27. The molecule has 4 aliphatic rings. The zero-order chi connectivity index (χ0) is 34.6. The van der Waals surface area contributed by atoms with Crippen molar-refractivity contribution in [3.05, 3.63) is 54.0 Å². The van der Waals surface area contributed by atoms with Crippen LogP contribution in [-0.4, -0.2) is 117 Å². The lowest BCUT2D eigenvalue weighted by Gasteiger charge is -2.40. The van der Waals surface area contributed by atoms with E-state index >= 15 is 4.39 Å². The number of carbonyl (C=O) groups is 3. The summed E-state index contributed by atoms with van der Waals surface area (Å²) >= 11 is 0. The highest BCUT2D eigenvalue weighted by molar-refractivity contribution is 6.05. The Morgan fingerprint density at radius 1 is 0.880 bits per heavy atom. The molecule has 3 aromatic rings. The van der Waals surface area contributed by atoms with E-state index in [1.807, 2.05) is 29.2 Å². The molecular formula is C34H42FN11O4. The van der Waals surface area contributed by atoms with Gasteiger partial charge in [-0.05, 0) is 61.2 Å². The van der Waals surface area contributed by atoms with Gasteiger partial charge in [-0.25, -0.2) is 9.18 Å². The molecular weight excluding hydrogens is 645 g/mol. The molecule has 50 heavy (non-hydrogen) atoms. The summed E-state index contributed by atoms with van der Waals surface area (Å²) in [4.78, 5) is 50.6. The van der Waals surface area contributed by atoms with E-state index in [1.165, 1.54) is 6.07 Å². The van der Waals surface area contributed by atoms with Gasteiger partial charge >= 0.3 is 6.03 Å². The first kappa shape index (κ1) is 33.4. The molecule has 0 atom stereocenters. The smallest absolute Gasteiger partial charge is 0.328 e. The van der Waals surface area contributed by atoms with E-state index in [4.69, 9.17) is 10.5 Å². The van der Waals surface area contributed by atoms with Crippen LogP contribution in [0.4, 0.5) is 43.7 Å². The number of imide groups is 1. The molecule has 1 aromatic heterocycles. The maximum Gasteiger partial charge on any atom is 0.328 e. The first-order valence-electron chi connectivity index (χ1n) is 17.2. The van der Waals surface area contributed by atoms with Crippen molar-refractivity contribution in [1.82, 2.24) is 25.4 Å². The average molecular weight is 688 g/mol. The quantitative estimate of drug-likeness (QED) is 0.301. The Labute approximate surface area is 289 Å². The molecule has 15 nitrogen and oxygen atoms in total. The zero-order valence-electron chi connectivity index (χ0n) is 27.9. The van der Waals surface area contributed by atoms with E-state index in [-0.39, 0.29) is 29.3 Å². The number of ether oxygens (including phenoxy) is 1. The number of hydrogen-bond acceptors (Lipinski definition) is 12. The monoisotopic (exact) mass is 687 g/mol. The molecule has 16 heteroatoms. The lowest BCUT2D eigenvalue weighted by Crippen LogP contribution is -2.49. The number of aromatic nitrogens is 3. The predicted octanol–water partition coefficient (Wildman–Crippen LogP) is 2.17. The van der Waals surface area contributed by atoms with Gasteiger partial charge in [0.15, 0.2) is 11.5 Å². The van der Waals surface area contributed by atoms with E-state index in [0.717, 1.165) is 70.0 Å². The lowest BCUT2D eigenvalue weighted by atomic mass is 9.95. The third kappa shape index (κ3) is 7.55. The summed E-state index contributed by atoms with van der Waals surface area (Å²) in [5.74, 6) is -0.313. The maximum atomic E-state index is 15.5. The van der Waals surface area contributed by atoms with Gasteiger partial charge < -0.3 is 30.5 Å². The molecule has 264 valence electrons. The van der Waals surface area contributed by atoms with Gasteiger partial charge in [-0.3, -0.25) is 24.7 Å². The molecule has 4 aliphatic heterocycles. The van der Waals surface area contributed by atoms with Gasteiger partial charge in [-0.15, -0.1) is 10.2 Å². The normalized spacial score (nSPS) is 19.5. The number of halogens is 1. The van der Waals surface area contributed by atoms with Gasteiger partial charge in [0, 0.05) is 88.9 Å². The van der Waals surface area contributed by atoms with E-state index < -0.39 is 5.91 Å². The molecule has 0 saturated carbocycles. The minimum absolute atomic E-state index is 0.118. The summed E-state index contributed by atoms with van der Waals surface area (Å²) in [6, 6.07) is 12.5. The number of piperazine rings is 1. The van der Waals surface area contributed by atoms with Crippen LogP contribution >= 0.6 is 0 Å². The maximum absolute atomic E-state index is 15.5. The molecule has 0 unspecified atom stereocenters. The van der Waals surface area contributed by atoms with Crippen LogP contribution in [0.5, 0.6) is 0 Å². The molecule has 0 aliphatic carbocycles. The van der Waals surface area contributed by atoms with Crippen molar-refractivity contribution in [2.75, 3.05) is 104 Å². The minimum Gasteiger partial charge on any atom is -0.378 e. The van der Waals surface area contributed by atoms with Crippen molar-refractivity contribution in [2.24, 2.45) is 11.7 Å². The number of morpholine rings is 1. The Kier molecular flexibility index (Phi) is 9.89. The number of nitrogens with two attached hydrogens (primary N) is 1. The number of anilines is 6. The second-order valence-electron chi connectivity index (χ2n) is 13.1. The Morgan fingerprint density at radius 2 is 1.60 bits per heavy atom. The van der Waals surface area contributed by atoms with E-state index in [2.05, 4.69) is 40.5 Å². The third-order valence-corrected chi connectivity index (χ3v) is 9.84. The molecule has 0 radical (unpaired) electrons. The largest absolute Gasteiger partial charge is 0.378 e. The number of amides is 4. The summed E-state index contributed by atoms with van der Waals surface area (Å²) in [6.07, 6.45) is 2.49. The summed E-state index contributed by atoms with van der Waals surface area (Å²) < 4.78 is 20.9. The Bertz CT molecular complexity index is 1710. The number of hydrogen-bond donors (Lipinski definition) is 3. The molecule has 0 bridgehead atoms. The fourth-order valence-corrected chi connectivity index (χ4v) is 7.01. The van der Waals surface area contributed by atoms with Gasteiger partial charge in [-0.1, -0.05) is 0 Å². The molecule has 7 rings (SSSR count). The third-order valence-electron chi connectivity index (χ3n) is 9.84. The van der Waals surface area contributed by atoms with Crippen LogP contribution in [0, 0.1) is 11.7 Å². The number of benzene rings is 2. The van der Waals surface area contributed by atoms with Crippen LogP contribution in [0.15, 0.2) is 42.5 Å². The molecule has 4 amide bonds. The number of nitrogens with one attached hydrogen (secondary N) is 2. The summed E-state index contributed by atoms with van der Waals surface area (Å²) in [5, 5.41) is 13.4. The van der Waals surface area contributed by atoms with Crippen molar-refractivity contribution < 1.29 is 23.5 Å². The van der Waals surface area contributed by atoms with Crippen LogP contribution in [0.2, 0.25) is 0 Å². The molecule has 4 fully saturated rings. The van der Waals surface area contributed by atoms with Gasteiger partial charge in [0.05, 0.1) is 18.9 Å². The number of carbonyl (C=O) groups excluding carboxylic acids is 3. The standard InChI is InChI=1S/C34H42FN11O4/c35-27-21-24(37-32-30(31(36)48)40-41-33(39-32)45-17-19-50-20-18-45)1-6-28(27)44-15-13-42(14-16-44)22-23-7-10-43(11-8-23)25-2-4-26(5-3-25)46-12-9-29(47)38-34(46)49/h1-6,21,23H,7-20,22H2,(H2,36,48)(H,37,39,41)(H,38,47,49). The zero-order valence-corrected chi connectivity index (χ0v) is 27.9. The second-order valence-corrected chi connectivity index (χ2v) is 13.1. The van der Waals surface area contributed by atoms with Crippen LogP contribution < -0.4 is 36.0 Å². The van der Waals surface area contributed by atoms with Gasteiger partial charge in [0.2, 0.25) is 11.9 Å². The SMILES string of the molecule is NC(=O)c1nnc(N2CCOCC2)nc1Nc1ccc(N2CCN(CC3CCN(c4ccc(N5CCC(=O)NC5=O)cc4)CC3)CC2)c(F)c1. The topological polar surface area (TPSA) is 165 Å². The van der Waals surface area contributed by atoms with E-state index in [0.29, 0.717) is 62.5 Å². The van der Waals surface area contributed by atoms with Crippen LogP contribution in [0.3, 0.4) is 0 Å². The van der Waals surface area contributed by atoms with Crippen LogP contribution in [0.1, 0.15) is 29.8 Å².